The predicted molar refractivity (Wildman–Crippen MR) is 106 cm³/mol. The molecule has 5 nitrogen and oxygen atoms in total. The van der Waals surface area contributed by atoms with Crippen LogP contribution in [0.25, 0.3) is 0 Å². The van der Waals surface area contributed by atoms with Crippen LogP contribution in [0.1, 0.15) is 30.4 Å². The third-order valence-electron chi connectivity index (χ3n) is 5.21. The third kappa shape index (κ3) is 3.40. The molecule has 3 heterocycles. The van der Waals surface area contributed by atoms with E-state index in [-0.39, 0.29) is 0 Å². The maximum Gasteiger partial charge on any atom is 0.244 e. The Labute approximate surface area is 163 Å². The average molecular weight is 436 g/mol. The highest BCUT2D eigenvalue weighted by atomic mass is 79.9. The third-order valence-corrected chi connectivity index (χ3v) is 7.84. The lowest BCUT2D eigenvalue weighted by Crippen LogP contribution is -2.35. The Bertz CT molecular complexity index is 894. The van der Waals surface area contributed by atoms with Crippen LogP contribution in [0.4, 0.5) is 5.82 Å². The van der Waals surface area contributed by atoms with Gasteiger partial charge in [-0.05, 0) is 48.6 Å². The highest BCUT2D eigenvalue weighted by Crippen LogP contribution is 2.29. The van der Waals surface area contributed by atoms with Gasteiger partial charge >= 0.3 is 0 Å². The van der Waals surface area contributed by atoms with Crippen LogP contribution < -0.4 is 4.90 Å². The Morgan fingerprint density at radius 3 is 2.54 bits per heavy atom. The van der Waals surface area contributed by atoms with Crippen molar-refractivity contribution in [3.05, 3.63) is 52.1 Å². The first-order valence-electron chi connectivity index (χ1n) is 9.03. The first-order valence-corrected chi connectivity index (χ1v) is 11.3. The Kier molecular flexibility index (Phi) is 5.03. The van der Waals surface area contributed by atoms with E-state index in [0.717, 1.165) is 49.1 Å². The minimum absolute atomic E-state index is 0.293. The molecule has 26 heavy (non-hydrogen) atoms. The van der Waals surface area contributed by atoms with E-state index < -0.39 is 10.0 Å². The van der Waals surface area contributed by atoms with Crippen LogP contribution in [-0.2, 0) is 23.0 Å². The van der Waals surface area contributed by atoms with Crippen LogP contribution in [0.15, 0.2) is 45.9 Å². The molecule has 0 bridgehead atoms. The molecule has 0 radical (unpaired) electrons. The van der Waals surface area contributed by atoms with E-state index in [0.29, 0.717) is 18.0 Å². The first-order chi connectivity index (χ1) is 12.6. The van der Waals surface area contributed by atoms with Crippen molar-refractivity contribution in [1.82, 2.24) is 9.29 Å². The van der Waals surface area contributed by atoms with E-state index in [9.17, 15) is 8.42 Å². The van der Waals surface area contributed by atoms with Crippen molar-refractivity contribution in [3.8, 4) is 0 Å². The molecule has 2 aliphatic heterocycles. The van der Waals surface area contributed by atoms with Crippen molar-refractivity contribution in [3.63, 3.8) is 0 Å². The lowest BCUT2D eigenvalue weighted by molar-refractivity contribution is 0.346. The summed E-state index contributed by atoms with van der Waals surface area (Å²) in [7, 11) is -3.42. The van der Waals surface area contributed by atoms with Gasteiger partial charge in [0.05, 0.1) is 0 Å². The monoisotopic (exact) mass is 435 g/mol. The van der Waals surface area contributed by atoms with E-state index >= 15 is 0 Å². The van der Waals surface area contributed by atoms with Gasteiger partial charge < -0.3 is 4.90 Å². The van der Waals surface area contributed by atoms with Crippen LogP contribution >= 0.6 is 15.9 Å². The summed E-state index contributed by atoms with van der Waals surface area (Å²) < 4.78 is 28.2. The number of benzene rings is 1. The molecule has 1 aromatic carbocycles. The topological polar surface area (TPSA) is 53.5 Å². The van der Waals surface area contributed by atoms with E-state index in [1.54, 1.807) is 10.4 Å². The number of aromatic nitrogens is 1. The van der Waals surface area contributed by atoms with Gasteiger partial charge in [0.25, 0.3) is 0 Å². The standard InChI is InChI=1S/C19H22BrN3O2S/c20-18-6-4-5-15-9-12-22(14-17(15)18)19-8-7-16(13-21-19)26(24,25)23-10-2-1-3-11-23/h4-8,13H,1-3,9-12,14H2. The number of anilines is 1. The molecule has 0 atom stereocenters. The molecule has 0 unspecified atom stereocenters. The van der Waals surface area contributed by atoms with Crippen molar-refractivity contribution in [2.45, 2.75) is 37.1 Å². The van der Waals surface area contributed by atoms with E-state index in [2.05, 4.69) is 44.0 Å². The molecule has 0 spiro atoms. The van der Waals surface area contributed by atoms with Gasteiger partial charge in [-0.2, -0.15) is 4.31 Å². The molecule has 4 rings (SSSR count). The first kappa shape index (κ1) is 17.9. The summed E-state index contributed by atoms with van der Waals surface area (Å²) in [5.41, 5.74) is 2.64. The number of piperidine rings is 1. The maximum absolute atomic E-state index is 12.7. The SMILES string of the molecule is O=S(=O)(c1ccc(N2CCc3cccc(Br)c3C2)nc1)N1CCCCC1. The predicted octanol–water partition coefficient (Wildman–Crippen LogP) is 3.58. The molecule has 0 saturated carbocycles. The van der Waals surface area contributed by atoms with Crippen LogP contribution in [0.2, 0.25) is 0 Å². The molecular formula is C19H22BrN3O2S. The Morgan fingerprint density at radius 1 is 1.00 bits per heavy atom. The second-order valence-electron chi connectivity index (χ2n) is 6.87. The molecule has 2 aliphatic rings. The molecule has 1 fully saturated rings. The molecule has 138 valence electrons. The van der Waals surface area contributed by atoms with Gasteiger partial charge in [0, 0.05) is 36.8 Å². The van der Waals surface area contributed by atoms with E-state index in [1.807, 2.05) is 6.07 Å². The van der Waals surface area contributed by atoms with Gasteiger partial charge in [0.2, 0.25) is 10.0 Å². The molecule has 0 N–H and O–H groups in total. The van der Waals surface area contributed by atoms with Gasteiger partial charge in [-0.3, -0.25) is 0 Å². The van der Waals surface area contributed by atoms with Crippen molar-refractivity contribution in [1.29, 1.82) is 0 Å². The number of pyridine rings is 1. The minimum Gasteiger partial charge on any atom is -0.352 e. The summed E-state index contributed by atoms with van der Waals surface area (Å²) >= 11 is 3.63. The second-order valence-corrected chi connectivity index (χ2v) is 9.66. The average Bonchev–Trinajstić information content (AvgIpc) is 2.69. The smallest absolute Gasteiger partial charge is 0.244 e. The van der Waals surface area contributed by atoms with Gasteiger partial charge in [0.1, 0.15) is 10.7 Å². The molecule has 0 aliphatic carbocycles. The summed E-state index contributed by atoms with van der Waals surface area (Å²) in [6.45, 7) is 2.89. The van der Waals surface area contributed by atoms with Crippen molar-refractivity contribution in [2.75, 3.05) is 24.5 Å². The maximum atomic E-state index is 12.7. The highest BCUT2D eigenvalue weighted by molar-refractivity contribution is 9.10. The van der Waals surface area contributed by atoms with Gasteiger partial charge in [-0.15, -0.1) is 0 Å². The summed E-state index contributed by atoms with van der Waals surface area (Å²) in [6, 6.07) is 9.82. The number of halogens is 1. The lowest BCUT2D eigenvalue weighted by atomic mass is 10.00. The van der Waals surface area contributed by atoms with Crippen LogP contribution in [-0.4, -0.2) is 37.3 Å². The summed E-state index contributed by atoms with van der Waals surface area (Å²) in [6.07, 6.45) is 5.45. The zero-order valence-electron chi connectivity index (χ0n) is 14.6. The molecular weight excluding hydrogens is 414 g/mol. The Balaban J connectivity index is 1.54. The lowest BCUT2D eigenvalue weighted by Gasteiger charge is -2.30. The summed E-state index contributed by atoms with van der Waals surface area (Å²) in [5, 5.41) is 0. The number of hydrogen-bond acceptors (Lipinski definition) is 4. The van der Waals surface area contributed by atoms with Crippen LogP contribution in [0.3, 0.4) is 0 Å². The Hall–Kier alpha value is -1.44. The minimum atomic E-state index is -3.42. The van der Waals surface area contributed by atoms with E-state index in [4.69, 9.17) is 0 Å². The van der Waals surface area contributed by atoms with Crippen LogP contribution in [0.5, 0.6) is 0 Å². The molecule has 0 amide bonds. The normalized spacial score (nSPS) is 18.6. The number of hydrogen-bond donors (Lipinski definition) is 0. The zero-order valence-corrected chi connectivity index (χ0v) is 17.0. The largest absolute Gasteiger partial charge is 0.352 e. The number of fused-ring (bicyclic) bond motifs is 1. The highest BCUT2D eigenvalue weighted by Gasteiger charge is 2.26. The summed E-state index contributed by atoms with van der Waals surface area (Å²) in [5.74, 6) is 0.823. The number of rotatable bonds is 3. The van der Waals surface area contributed by atoms with Crippen LogP contribution in [0, 0.1) is 0 Å². The van der Waals surface area contributed by atoms with Gasteiger partial charge in [-0.25, -0.2) is 13.4 Å². The van der Waals surface area contributed by atoms with Gasteiger partial charge in [0.15, 0.2) is 0 Å². The fourth-order valence-electron chi connectivity index (χ4n) is 3.70. The summed E-state index contributed by atoms with van der Waals surface area (Å²) in [4.78, 5) is 6.96. The molecule has 1 aromatic heterocycles. The van der Waals surface area contributed by atoms with Crippen molar-refractivity contribution >= 4 is 31.8 Å². The van der Waals surface area contributed by atoms with Gasteiger partial charge in [-0.1, -0.05) is 34.5 Å². The molecule has 2 aromatic rings. The fraction of sp³-hybridized carbons (Fsp3) is 0.421. The molecule has 1 saturated heterocycles. The fourth-order valence-corrected chi connectivity index (χ4v) is 5.70. The zero-order chi connectivity index (χ0) is 18.1. The number of nitrogens with zero attached hydrogens (tertiary/aromatic N) is 3. The number of sulfonamides is 1. The van der Waals surface area contributed by atoms with Crippen molar-refractivity contribution < 1.29 is 8.42 Å². The van der Waals surface area contributed by atoms with E-state index in [1.165, 1.54) is 17.3 Å². The molecule has 7 heteroatoms. The second kappa shape index (κ2) is 7.29. The Morgan fingerprint density at radius 2 is 1.81 bits per heavy atom. The van der Waals surface area contributed by atoms with Crippen molar-refractivity contribution in [2.24, 2.45) is 0 Å². The quantitative estimate of drug-likeness (QED) is 0.738.